The molecule has 0 aliphatic carbocycles. The van der Waals surface area contributed by atoms with Crippen LogP contribution in [0.1, 0.15) is 11.4 Å². The average Bonchev–Trinajstić information content (AvgIpc) is 2.97. The Balaban J connectivity index is 1.47. The third kappa shape index (κ3) is 3.65. The summed E-state index contributed by atoms with van der Waals surface area (Å²) < 4.78 is 5.23. The first-order chi connectivity index (χ1) is 10.8. The molecule has 4 nitrogen and oxygen atoms in total. The van der Waals surface area contributed by atoms with Gasteiger partial charge in [-0.05, 0) is 30.7 Å². The molecule has 4 heteroatoms. The fourth-order valence-corrected chi connectivity index (χ4v) is 2.50. The summed E-state index contributed by atoms with van der Waals surface area (Å²) in [6.07, 6.45) is 1.95. The van der Waals surface area contributed by atoms with E-state index in [1.54, 1.807) is 7.11 Å². The number of hydrogen-bond donors (Lipinski definition) is 2. The number of hydrogen-bond acceptors (Lipinski definition) is 3. The number of nitrogens with zero attached hydrogens (tertiary/aromatic N) is 1. The first kappa shape index (κ1) is 14.6. The van der Waals surface area contributed by atoms with Crippen molar-refractivity contribution in [1.82, 2.24) is 15.3 Å². The molecule has 0 aliphatic heterocycles. The molecule has 22 heavy (non-hydrogen) atoms. The Hall–Kier alpha value is -2.33. The van der Waals surface area contributed by atoms with Crippen molar-refractivity contribution in [2.45, 2.75) is 12.8 Å². The first-order valence-electron chi connectivity index (χ1n) is 7.62. The van der Waals surface area contributed by atoms with Crippen molar-refractivity contribution in [1.29, 1.82) is 0 Å². The van der Waals surface area contributed by atoms with Crippen molar-refractivity contribution in [3.63, 3.8) is 0 Å². The van der Waals surface area contributed by atoms with Crippen LogP contribution in [0.3, 0.4) is 0 Å². The van der Waals surface area contributed by atoms with Gasteiger partial charge in [-0.15, -0.1) is 0 Å². The lowest BCUT2D eigenvalue weighted by atomic mass is 10.1. The fraction of sp³-hybridized carbons (Fsp3) is 0.278. The molecule has 0 atom stereocenters. The number of H-pyrrole nitrogens is 1. The lowest BCUT2D eigenvalue weighted by Gasteiger charge is -2.03. The van der Waals surface area contributed by atoms with E-state index in [4.69, 9.17) is 4.74 Å². The summed E-state index contributed by atoms with van der Waals surface area (Å²) in [5.41, 5.74) is 3.38. The van der Waals surface area contributed by atoms with Crippen LogP contribution in [0.5, 0.6) is 5.75 Å². The van der Waals surface area contributed by atoms with Gasteiger partial charge in [-0.1, -0.05) is 30.3 Å². The smallest absolute Gasteiger partial charge is 0.121 e. The van der Waals surface area contributed by atoms with Crippen LogP contribution >= 0.6 is 0 Å². The number of ether oxygens (including phenoxy) is 1. The third-order valence-electron chi connectivity index (χ3n) is 3.71. The predicted octanol–water partition coefficient (Wildman–Crippen LogP) is 2.95. The number of imidazole rings is 1. The minimum atomic E-state index is 0.851. The van der Waals surface area contributed by atoms with Crippen molar-refractivity contribution in [3.8, 4) is 5.75 Å². The summed E-state index contributed by atoms with van der Waals surface area (Å²) in [5, 5.41) is 3.46. The average molecular weight is 295 g/mol. The van der Waals surface area contributed by atoms with Gasteiger partial charge in [0.15, 0.2) is 0 Å². The maximum absolute atomic E-state index is 5.23. The molecule has 0 bridgehead atoms. The summed E-state index contributed by atoms with van der Waals surface area (Å²) in [4.78, 5) is 7.94. The number of benzene rings is 2. The molecule has 0 aliphatic rings. The van der Waals surface area contributed by atoms with Gasteiger partial charge in [0.2, 0.25) is 0 Å². The van der Waals surface area contributed by atoms with Gasteiger partial charge < -0.3 is 15.0 Å². The molecule has 1 heterocycles. The zero-order valence-electron chi connectivity index (χ0n) is 12.8. The molecule has 0 fully saturated rings. The van der Waals surface area contributed by atoms with Crippen molar-refractivity contribution in [2.75, 3.05) is 20.2 Å². The van der Waals surface area contributed by atoms with E-state index in [9.17, 15) is 0 Å². The molecule has 0 radical (unpaired) electrons. The summed E-state index contributed by atoms with van der Waals surface area (Å²) in [7, 11) is 1.68. The highest BCUT2D eigenvalue weighted by molar-refractivity contribution is 5.76. The van der Waals surface area contributed by atoms with Crippen molar-refractivity contribution in [2.24, 2.45) is 0 Å². The summed E-state index contributed by atoms with van der Waals surface area (Å²) >= 11 is 0. The molecule has 2 N–H and O–H groups in total. The van der Waals surface area contributed by atoms with E-state index in [1.807, 2.05) is 24.3 Å². The topological polar surface area (TPSA) is 49.9 Å². The second-order valence-electron chi connectivity index (χ2n) is 5.30. The van der Waals surface area contributed by atoms with Crippen LogP contribution in [-0.4, -0.2) is 30.2 Å². The van der Waals surface area contributed by atoms with E-state index in [0.29, 0.717) is 0 Å². The van der Waals surface area contributed by atoms with Crippen molar-refractivity contribution < 1.29 is 4.74 Å². The van der Waals surface area contributed by atoms with Crippen LogP contribution < -0.4 is 10.1 Å². The second-order valence-corrected chi connectivity index (χ2v) is 5.30. The number of aromatic nitrogens is 2. The normalized spacial score (nSPS) is 11.0. The van der Waals surface area contributed by atoms with E-state index in [0.717, 1.165) is 48.5 Å². The van der Waals surface area contributed by atoms with Gasteiger partial charge in [-0.3, -0.25) is 0 Å². The molecule has 0 spiro atoms. The highest BCUT2D eigenvalue weighted by atomic mass is 16.5. The Bertz CT molecular complexity index is 722. The maximum atomic E-state index is 5.23. The minimum absolute atomic E-state index is 0.851. The van der Waals surface area contributed by atoms with Crippen molar-refractivity contribution >= 4 is 11.0 Å². The highest BCUT2D eigenvalue weighted by Crippen LogP contribution is 2.18. The zero-order chi connectivity index (χ0) is 15.2. The van der Waals surface area contributed by atoms with E-state index in [-0.39, 0.29) is 0 Å². The molecule has 3 rings (SSSR count). The molecular formula is C18H21N3O. The molecule has 0 saturated heterocycles. The standard InChI is InChI=1S/C18H21N3O/c1-22-15-7-8-16-17(13-15)21-18(20-16)10-12-19-11-9-14-5-3-2-4-6-14/h2-8,13,19H,9-12H2,1H3,(H,20,21). The highest BCUT2D eigenvalue weighted by Gasteiger charge is 2.03. The van der Waals surface area contributed by atoms with E-state index >= 15 is 0 Å². The number of rotatable bonds is 7. The van der Waals surface area contributed by atoms with Gasteiger partial charge in [-0.2, -0.15) is 0 Å². The summed E-state index contributed by atoms with van der Waals surface area (Å²) in [6.45, 7) is 1.90. The second kappa shape index (κ2) is 7.09. The van der Waals surface area contributed by atoms with Crippen LogP contribution in [0.25, 0.3) is 11.0 Å². The fourth-order valence-electron chi connectivity index (χ4n) is 2.50. The largest absolute Gasteiger partial charge is 0.497 e. The molecule has 2 aromatic carbocycles. The molecular weight excluding hydrogens is 274 g/mol. The molecule has 0 saturated carbocycles. The predicted molar refractivity (Wildman–Crippen MR) is 89.4 cm³/mol. The first-order valence-corrected chi connectivity index (χ1v) is 7.62. The zero-order valence-corrected chi connectivity index (χ0v) is 12.8. The quantitative estimate of drug-likeness (QED) is 0.659. The summed E-state index contributed by atoms with van der Waals surface area (Å²) in [5.74, 6) is 1.86. The van der Waals surface area contributed by atoms with Crippen LogP contribution in [0.4, 0.5) is 0 Å². The Kier molecular flexibility index (Phi) is 4.71. The lowest BCUT2D eigenvalue weighted by molar-refractivity contribution is 0.415. The van der Waals surface area contributed by atoms with Crippen LogP contribution in [0.2, 0.25) is 0 Å². The van der Waals surface area contributed by atoms with Gasteiger partial charge in [-0.25, -0.2) is 4.98 Å². The Morgan fingerprint density at radius 2 is 1.86 bits per heavy atom. The monoisotopic (exact) mass is 295 g/mol. The number of methoxy groups -OCH3 is 1. The number of nitrogens with one attached hydrogen (secondary N) is 2. The number of fused-ring (bicyclic) bond motifs is 1. The molecule has 114 valence electrons. The summed E-state index contributed by atoms with van der Waals surface area (Å²) in [6, 6.07) is 16.4. The van der Waals surface area contributed by atoms with Crippen LogP contribution in [-0.2, 0) is 12.8 Å². The van der Waals surface area contributed by atoms with Gasteiger partial charge in [0.05, 0.1) is 18.1 Å². The maximum Gasteiger partial charge on any atom is 0.121 e. The number of aromatic amines is 1. The Morgan fingerprint density at radius 3 is 2.68 bits per heavy atom. The van der Waals surface area contributed by atoms with E-state index < -0.39 is 0 Å². The van der Waals surface area contributed by atoms with Crippen LogP contribution in [0, 0.1) is 0 Å². The van der Waals surface area contributed by atoms with E-state index in [2.05, 4.69) is 39.6 Å². The van der Waals surface area contributed by atoms with Gasteiger partial charge >= 0.3 is 0 Å². The van der Waals surface area contributed by atoms with Gasteiger partial charge in [0, 0.05) is 19.0 Å². The molecule has 0 amide bonds. The molecule has 0 unspecified atom stereocenters. The lowest BCUT2D eigenvalue weighted by Crippen LogP contribution is -2.20. The minimum Gasteiger partial charge on any atom is -0.497 e. The SMILES string of the molecule is COc1ccc2nc(CCNCCc3ccccc3)[nH]c2c1. The van der Waals surface area contributed by atoms with Gasteiger partial charge in [0.1, 0.15) is 11.6 Å². The van der Waals surface area contributed by atoms with Crippen LogP contribution in [0.15, 0.2) is 48.5 Å². The van der Waals surface area contributed by atoms with E-state index in [1.165, 1.54) is 5.56 Å². The molecule has 1 aromatic heterocycles. The molecule has 3 aromatic rings. The Labute approximate surface area is 130 Å². The third-order valence-corrected chi connectivity index (χ3v) is 3.71. The van der Waals surface area contributed by atoms with Gasteiger partial charge in [0.25, 0.3) is 0 Å². The van der Waals surface area contributed by atoms with Crippen molar-refractivity contribution in [3.05, 3.63) is 59.9 Å². The Morgan fingerprint density at radius 1 is 1.05 bits per heavy atom.